The molecule has 1 heterocycles. The van der Waals surface area contributed by atoms with Crippen molar-refractivity contribution in [2.75, 3.05) is 11.9 Å². The summed E-state index contributed by atoms with van der Waals surface area (Å²) in [6, 6.07) is 0. The summed E-state index contributed by atoms with van der Waals surface area (Å²) >= 11 is 1.53. The molecule has 114 valence electrons. The molecule has 0 aliphatic heterocycles. The van der Waals surface area contributed by atoms with Gasteiger partial charge in [-0.2, -0.15) is 0 Å². The van der Waals surface area contributed by atoms with Gasteiger partial charge in [0.1, 0.15) is 5.00 Å². The predicted octanol–water partition coefficient (Wildman–Crippen LogP) is 3.70. The van der Waals surface area contributed by atoms with Crippen LogP contribution in [0.2, 0.25) is 0 Å². The number of hydrogen-bond acceptors (Lipinski definition) is 5. The Hall–Kier alpha value is -1.10. The third-order valence-corrected chi connectivity index (χ3v) is 6.20. The molecule has 4 aliphatic rings. The molecule has 0 amide bonds. The molecule has 4 aliphatic carbocycles. The van der Waals surface area contributed by atoms with Gasteiger partial charge in [-0.25, -0.2) is 9.78 Å². The first-order chi connectivity index (χ1) is 10.2. The quantitative estimate of drug-likeness (QED) is 0.862. The Balaban J connectivity index is 1.56. The SMILES string of the molecule is CCOC(=O)c1ncsc1NC12CC3CC(CC(C3)C1)C2. The summed E-state index contributed by atoms with van der Waals surface area (Å²) in [4.78, 5) is 16.2. The average Bonchev–Trinajstić information content (AvgIpc) is 2.84. The molecule has 0 saturated heterocycles. The highest BCUT2D eigenvalue weighted by molar-refractivity contribution is 7.14. The van der Waals surface area contributed by atoms with Gasteiger partial charge in [-0.05, 0) is 63.2 Å². The molecule has 21 heavy (non-hydrogen) atoms. The monoisotopic (exact) mass is 306 g/mol. The van der Waals surface area contributed by atoms with Crippen LogP contribution < -0.4 is 5.32 Å². The van der Waals surface area contributed by atoms with E-state index in [9.17, 15) is 4.79 Å². The van der Waals surface area contributed by atoms with Crippen LogP contribution in [0.4, 0.5) is 5.00 Å². The molecule has 0 aromatic carbocycles. The van der Waals surface area contributed by atoms with E-state index in [2.05, 4.69) is 10.3 Å². The number of aromatic nitrogens is 1. The van der Waals surface area contributed by atoms with Crippen molar-refractivity contribution in [3.05, 3.63) is 11.2 Å². The van der Waals surface area contributed by atoms with Crippen LogP contribution in [0.3, 0.4) is 0 Å². The molecule has 4 bridgehead atoms. The van der Waals surface area contributed by atoms with E-state index in [-0.39, 0.29) is 11.5 Å². The zero-order valence-corrected chi connectivity index (χ0v) is 13.2. The molecule has 0 radical (unpaired) electrons. The Morgan fingerprint density at radius 3 is 2.52 bits per heavy atom. The standard InChI is InChI=1S/C16H22N2O2S/c1-2-20-15(19)13-14(21-9-17-13)18-16-6-10-3-11(7-16)5-12(4-10)8-16/h9-12,18H,2-8H2,1H3. The van der Waals surface area contributed by atoms with Gasteiger partial charge in [0.25, 0.3) is 0 Å². The summed E-state index contributed by atoms with van der Waals surface area (Å²) in [5.74, 6) is 2.37. The van der Waals surface area contributed by atoms with Crippen molar-refractivity contribution in [2.45, 2.75) is 51.0 Å². The second-order valence-corrected chi connectivity index (χ2v) is 7.93. The molecule has 4 nitrogen and oxygen atoms in total. The highest BCUT2D eigenvalue weighted by atomic mass is 32.1. The summed E-state index contributed by atoms with van der Waals surface area (Å²) in [5.41, 5.74) is 2.43. The van der Waals surface area contributed by atoms with Gasteiger partial charge in [-0.15, -0.1) is 11.3 Å². The number of nitrogens with one attached hydrogen (secondary N) is 1. The molecule has 4 saturated carbocycles. The number of rotatable bonds is 4. The zero-order chi connectivity index (χ0) is 14.4. The number of ether oxygens (including phenoxy) is 1. The van der Waals surface area contributed by atoms with Gasteiger partial charge >= 0.3 is 5.97 Å². The van der Waals surface area contributed by atoms with Crippen LogP contribution in [0.5, 0.6) is 0 Å². The fourth-order valence-corrected chi connectivity index (χ4v) is 5.97. The molecular weight excluding hydrogens is 284 g/mol. The Bertz CT molecular complexity index is 519. The van der Waals surface area contributed by atoms with Gasteiger partial charge < -0.3 is 10.1 Å². The van der Waals surface area contributed by atoms with Crippen LogP contribution in [0.15, 0.2) is 5.51 Å². The highest BCUT2D eigenvalue weighted by Crippen LogP contribution is 2.56. The molecule has 1 aromatic heterocycles. The van der Waals surface area contributed by atoms with E-state index in [1.807, 2.05) is 6.92 Å². The summed E-state index contributed by atoms with van der Waals surface area (Å²) < 4.78 is 5.11. The van der Waals surface area contributed by atoms with Crippen LogP contribution in [0, 0.1) is 17.8 Å². The smallest absolute Gasteiger partial charge is 0.360 e. The van der Waals surface area contributed by atoms with Gasteiger partial charge in [0.05, 0.1) is 12.1 Å². The van der Waals surface area contributed by atoms with Gasteiger partial charge in [-0.1, -0.05) is 0 Å². The number of carbonyl (C=O) groups excluding carboxylic acids is 1. The minimum Gasteiger partial charge on any atom is -0.461 e. The second kappa shape index (κ2) is 4.97. The average molecular weight is 306 g/mol. The molecular formula is C16H22N2O2S. The maximum Gasteiger partial charge on any atom is 0.360 e. The van der Waals surface area contributed by atoms with Crippen molar-refractivity contribution in [3.8, 4) is 0 Å². The number of thiazole rings is 1. The lowest BCUT2D eigenvalue weighted by molar-refractivity contribution is 0.0108. The van der Waals surface area contributed by atoms with Gasteiger partial charge in [-0.3, -0.25) is 0 Å². The predicted molar refractivity (Wildman–Crippen MR) is 82.6 cm³/mol. The van der Waals surface area contributed by atoms with Crippen LogP contribution >= 0.6 is 11.3 Å². The summed E-state index contributed by atoms with van der Waals surface area (Å²) in [6.45, 7) is 2.23. The highest BCUT2D eigenvalue weighted by Gasteiger charge is 2.51. The second-order valence-electron chi connectivity index (χ2n) is 7.07. The maximum absolute atomic E-state index is 12.0. The van der Waals surface area contributed by atoms with Gasteiger partial charge in [0.2, 0.25) is 0 Å². The lowest BCUT2D eigenvalue weighted by atomic mass is 9.53. The van der Waals surface area contributed by atoms with Gasteiger partial charge in [0.15, 0.2) is 5.69 Å². The van der Waals surface area contributed by atoms with Crippen LogP contribution in [-0.4, -0.2) is 23.1 Å². The van der Waals surface area contributed by atoms with Crippen LogP contribution in [0.1, 0.15) is 55.9 Å². The van der Waals surface area contributed by atoms with Crippen LogP contribution in [-0.2, 0) is 4.74 Å². The Morgan fingerprint density at radius 1 is 1.33 bits per heavy atom. The van der Waals surface area contributed by atoms with E-state index in [1.54, 1.807) is 5.51 Å². The topological polar surface area (TPSA) is 51.2 Å². The number of carbonyl (C=O) groups is 1. The van der Waals surface area contributed by atoms with Crippen molar-refractivity contribution < 1.29 is 9.53 Å². The third-order valence-electron chi connectivity index (χ3n) is 5.45. The zero-order valence-electron chi connectivity index (χ0n) is 12.4. The summed E-state index contributed by atoms with van der Waals surface area (Å²) in [5, 5.41) is 4.64. The van der Waals surface area contributed by atoms with Crippen molar-refractivity contribution in [1.29, 1.82) is 0 Å². The summed E-state index contributed by atoms with van der Waals surface area (Å²) in [7, 11) is 0. The van der Waals surface area contributed by atoms with E-state index in [1.165, 1.54) is 49.9 Å². The first-order valence-electron chi connectivity index (χ1n) is 8.06. The first kappa shape index (κ1) is 13.6. The van der Waals surface area contributed by atoms with Crippen molar-refractivity contribution in [3.63, 3.8) is 0 Å². The molecule has 0 spiro atoms. The third kappa shape index (κ3) is 2.35. The number of nitrogens with zero attached hydrogens (tertiary/aromatic N) is 1. The minimum absolute atomic E-state index is 0.211. The molecule has 5 rings (SSSR count). The van der Waals surface area contributed by atoms with Crippen molar-refractivity contribution in [2.24, 2.45) is 17.8 Å². The van der Waals surface area contributed by atoms with Gasteiger partial charge in [0, 0.05) is 5.54 Å². The number of hydrogen-bond donors (Lipinski definition) is 1. The van der Waals surface area contributed by atoms with E-state index >= 15 is 0 Å². The van der Waals surface area contributed by atoms with Crippen LogP contribution in [0.25, 0.3) is 0 Å². The Morgan fingerprint density at radius 2 is 1.95 bits per heavy atom. The Labute approximate surface area is 129 Å². The van der Waals surface area contributed by atoms with E-state index < -0.39 is 0 Å². The van der Waals surface area contributed by atoms with Crippen molar-refractivity contribution in [1.82, 2.24) is 4.98 Å². The van der Waals surface area contributed by atoms with E-state index in [0.29, 0.717) is 12.3 Å². The normalized spacial score (nSPS) is 36.7. The fourth-order valence-electron chi connectivity index (χ4n) is 5.18. The molecule has 4 fully saturated rings. The summed E-state index contributed by atoms with van der Waals surface area (Å²) in [6.07, 6.45) is 8.06. The number of esters is 1. The molecule has 0 unspecified atom stereocenters. The number of anilines is 1. The largest absolute Gasteiger partial charge is 0.461 e. The van der Waals surface area contributed by atoms with E-state index in [0.717, 1.165) is 22.8 Å². The fraction of sp³-hybridized carbons (Fsp3) is 0.750. The lowest BCUT2D eigenvalue weighted by Gasteiger charge is -2.57. The minimum atomic E-state index is -0.300. The first-order valence-corrected chi connectivity index (χ1v) is 8.94. The molecule has 0 atom stereocenters. The van der Waals surface area contributed by atoms with E-state index in [4.69, 9.17) is 4.74 Å². The Kier molecular flexibility index (Phi) is 3.21. The molecule has 5 heteroatoms. The molecule has 1 N–H and O–H groups in total. The van der Waals surface area contributed by atoms with Crippen molar-refractivity contribution >= 4 is 22.3 Å². The lowest BCUT2D eigenvalue weighted by Crippen LogP contribution is -2.54. The molecule has 1 aromatic rings. The maximum atomic E-state index is 12.0.